The number of benzene rings is 2. The van der Waals surface area contributed by atoms with E-state index in [2.05, 4.69) is 53.6 Å². The second-order valence-electron chi connectivity index (χ2n) is 7.11. The normalized spacial score (nSPS) is 16.6. The summed E-state index contributed by atoms with van der Waals surface area (Å²) in [6, 6.07) is 16.0. The first-order valence-electron chi connectivity index (χ1n) is 10.1. The van der Waals surface area contributed by atoms with Crippen LogP contribution in [-0.2, 0) is 11.3 Å². The number of hydrogen-bond acceptors (Lipinski definition) is 3. The quantitative estimate of drug-likeness (QED) is 0.359. The molecule has 0 bridgehead atoms. The lowest BCUT2D eigenvalue weighted by Crippen LogP contribution is -2.48. The number of ether oxygens (including phenoxy) is 1. The van der Waals surface area contributed by atoms with Gasteiger partial charge in [-0.05, 0) is 42.7 Å². The van der Waals surface area contributed by atoms with Crippen LogP contribution < -0.4 is 10.6 Å². The van der Waals surface area contributed by atoms with Gasteiger partial charge < -0.3 is 20.3 Å². The Labute approximate surface area is 196 Å². The number of morpholine rings is 1. The van der Waals surface area contributed by atoms with Gasteiger partial charge in [0.2, 0.25) is 0 Å². The number of carbonyl (C=O) groups excluding carboxylic acids is 1. The lowest BCUT2D eigenvalue weighted by Gasteiger charge is -2.35. The van der Waals surface area contributed by atoms with Crippen LogP contribution in [0.2, 0.25) is 0 Å². The van der Waals surface area contributed by atoms with Gasteiger partial charge in [0.15, 0.2) is 5.96 Å². The van der Waals surface area contributed by atoms with Crippen LogP contribution in [0.4, 0.5) is 0 Å². The molecule has 162 valence electrons. The number of guanidine groups is 1. The third-order valence-corrected chi connectivity index (χ3v) is 5.06. The van der Waals surface area contributed by atoms with Gasteiger partial charge in [-0.1, -0.05) is 36.4 Å². The summed E-state index contributed by atoms with van der Waals surface area (Å²) in [5.41, 5.74) is 4.13. The van der Waals surface area contributed by atoms with Crippen LogP contribution in [0.25, 0.3) is 0 Å². The summed E-state index contributed by atoms with van der Waals surface area (Å²) in [7, 11) is 1.64. The lowest BCUT2D eigenvalue weighted by molar-refractivity contribution is -0.00834. The minimum absolute atomic E-state index is 0. The molecule has 1 amide bonds. The third kappa shape index (κ3) is 6.18. The average molecular weight is 522 g/mol. The number of nitrogens with zero attached hydrogens (tertiary/aromatic N) is 2. The van der Waals surface area contributed by atoms with Crippen molar-refractivity contribution in [2.45, 2.75) is 26.5 Å². The largest absolute Gasteiger partial charge is 0.370 e. The smallest absolute Gasteiger partial charge is 0.251 e. The summed E-state index contributed by atoms with van der Waals surface area (Å²) in [5.74, 6) is 0.789. The Balaban J connectivity index is 0.00000320. The van der Waals surface area contributed by atoms with Gasteiger partial charge in [-0.3, -0.25) is 4.79 Å². The highest BCUT2D eigenvalue weighted by molar-refractivity contribution is 14.0. The standard InChI is InChI=1S/C23H30N4O2.HI/c1-4-25-23(26-15-18-9-7-10-19(14-18)22(28)24-3)27-12-13-29-21(16-27)20-11-6-5-8-17(20)2;/h5-11,14,21H,4,12-13,15-16H2,1-3H3,(H,24,28)(H,25,26);1H. The van der Waals surface area contributed by atoms with Crippen molar-refractivity contribution in [3.8, 4) is 0 Å². The fourth-order valence-electron chi connectivity index (χ4n) is 3.53. The fraction of sp³-hybridized carbons (Fsp3) is 0.391. The van der Waals surface area contributed by atoms with Gasteiger partial charge in [0.25, 0.3) is 5.91 Å². The Bertz CT molecular complexity index is 872. The Morgan fingerprint density at radius 3 is 2.77 bits per heavy atom. The van der Waals surface area contributed by atoms with Gasteiger partial charge in [0.05, 0.1) is 19.7 Å². The van der Waals surface area contributed by atoms with Crippen LogP contribution in [0.3, 0.4) is 0 Å². The molecule has 0 aromatic heterocycles. The zero-order chi connectivity index (χ0) is 20.6. The van der Waals surface area contributed by atoms with Crippen molar-refractivity contribution >= 4 is 35.8 Å². The Morgan fingerprint density at radius 2 is 2.03 bits per heavy atom. The second-order valence-corrected chi connectivity index (χ2v) is 7.11. The van der Waals surface area contributed by atoms with Crippen molar-refractivity contribution in [3.63, 3.8) is 0 Å². The lowest BCUT2D eigenvalue weighted by atomic mass is 10.0. The van der Waals surface area contributed by atoms with Crippen molar-refractivity contribution in [1.29, 1.82) is 0 Å². The monoisotopic (exact) mass is 522 g/mol. The van der Waals surface area contributed by atoms with Crippen LogP contribution in [-0.4, -0.2) is 50.1 Å². The summed E-state index contributed by atoms with van der Waals surface area (Å²) < 4.78 is 6.05. The van der Waals surface area contributed by atoms with E-state index in [0.717, 1.165) is 31.2 Å². The van der Waals surface area contributed by atoms with Crippen molar-refractivity contribution in [2.24, 2.45) is 4.99 Å². The molecule has 1 unspecified atom stereocenters. The van der Waals surface area contributed by atoms with Gasteiger partial charge in [-0.25, -0.2) is 4.99 Å². The van der Waals surface area contributed by atoms with Crippen molar-refractivity contribution in [3.05, 3.63) is 70.8 Å². The summed E-state index contributed by atoms with van der Waals surface area (Å²) >= 11 is 0. The molecule has 1 heterocycles. The predicted molar refractivity (Wildman–Crippen MR) is 132 cm³/mol. The summed E-state index contributed by atoms with van der Waals surface area (Å²) in [4.78, 5) is 19.0. The van der Waals surface area contributed by atoms with Crippen molar-refractivity contribution in [2.75, 3.05) is 33.3 Å². The molecule has 2 aromatic carbocycles. The first-order valence-corrected chi connectivity index (χ1v) is 10.1. The van der Waals surface area contributed by atoms with Crippen LogP contribution in [0, 0.1) is 6.92 Å². The zero-order valence-corrected chi connectivity index (χ0v) is 20.2. The first kappa shape index (κ1) is 24.1. The highest BCUT2D eigenvalue weighted by Gasteiger charge is 2.25. The first-order chi connectivity index (χ1) is 14.1. The van der Waals surface area contributed by atoms with Gasteiger partial charge in [-0.15, -0.1) is 24.0 Å². The number of aliphatic imine (C=N–C) groups is 1. The molecule has 1 fully saturated rings. The minimum atomic E-state index is -0.0861. The molecule has 2 N–H and O–H groups in total. The maximum atomic E-state index is 11.9. The van der Waals surface area contributed by atoms with E-state index < -0.39 is 0 Å². The van der Waals surface area contributed by atoms with E-state index in [1.165, 1.54) is 11.1 Å². The minimum Gasteiger partial charge on any atom is -0.370 e. The maximum Gasteiger partial charge on any atom is 0.251 e. The Hall–Kier alpha value is -2.13. The van der Waals surface area contributed by atoms with Crippen LogP contribution >= 0.6 is 24.0 Å². The molecule has 3 rings (SSSR count). The molecule has 30 heavy (non-hydrogen) atoms. The molecule has 1 atom stereocenters. The number of rotatable bonds is 5. The topological polar surface area (TPSA) is 66.0 Å². The molecule has 0 saturated carbocycles. The molecule has 2 aromatic rings. The SMILES string of the molecule is CCNC(=NCc1cccc(C(=O)NC)c1)N1CCOC(c2ccccc2C)C1.I. The average Bonchev–Trinajstić information content (AvgIpc) is 2.76. The molecule has 1 saturated heterocycles. The van der Waals surface area contributed by atoms with E-state index in [1.54, 1.807) is 7.05 Å². The fourth-order valence-corrected chi connectivity index (χ4v) is 3.53. The maximum absolute atomic E-state index is 11.9. The van der Waals surface area contributed by atoms with Gasteiger partial charge in [0.1, 0.15) is 6.10 Å². The number of nitrogens with one attached hydrogen (secondary N) is 2. The summed E-state index contributed by atoms with van der Waals surface area (Å²) in [6.45, 7) is 7.72. The van der Waals surface area contributed by atoms with E-state index in [4.69, 9.17) is 9.73 Å². The summed E-state index contributed by atoms with van der Waals surface area (Å²) in [5, 5.41) is 6.06. The van der Waals surface area contributed by atoms with E-state index in [1.807, 2.05) is 24.3 Å². The predicted octanol–water partition coefficient (Wildman–Crippen LogP) is 3.51. The number of hydrogen-bond donors (Lipinski definition) is 2. The van der Waals surface area contributed by atoms with Gasteiger partial charge in [0, 0.05) is 25.7 Å². The molecule has 0 spiro atoms. The molecular weight excluding hydrogens is 491 g/mol. The van der Waals surface area contributed by atoms with E-state index in [-0.39, 0.29) is 36.0 Å². The number of carbonyl (C=O) groups is 1. The molecule has 6 nitrogen and oxygen atoms in total. The zero-order valence-electron chi connectivity index (χ0n) is 17.9. The third-order valence-electron chi connectivity index (χ3n) is 5.06. The molecule has 7 heteroatoms. The molecule has 0 aliphatic carbocycles. The van der Waals surface area contributed by atoms with Gasteiger partial charge in [-0.2, -0.15) is 0 Å². The van der Waals surface area contributed by atoms with E-state index in [0.29, 0.717) is 18.7 Å². The highest BCUT2D eigenvalue weighted by atomic mass is 127. The Kier molecular flexibility index (Phi) is 9.58. The van der Waals surface area contributed by atoms with Crippen LogP contribution in [0.5, 0.6) is 0 Å². The van der Waals surface area contributed by atoms with E-state index in [9.17, 15) is 4.79 Å². The molecular formula is C23H31IN4O2. The van der Waals surface area contributed by atoms with Crippen molar-refractivity contribution < 1.29 is 9.53 Å². The highest BCUT2D eigenvalue weighted by Crippen LogP contribution is 2.25. The molecule has 1 aliphatic rings. The number of amides is 1. The van der Waals surface area contributed by atoms with Crippen molar-refractivity contribution in [1.82, 2.24) is 15.5 Å². The number of aryl methyl sites for hydroxylation is 1. The second kappa shape index (κ2) is 11.9. The van der Waals surface area contributed by atoms with Crippen LogP contribution in [0.15, 0.2) is 53.5 Å². The van der Waals surface area contributed by atoms with Crippen LogP contribution in [0.1, 0.15) is 40.1 Å². The molecule has 0 radical (unpaired) electrons. The number of halogens is 1. The summed E-state index contributed by atoms with van der Waals surface area (Å²) in [6.07, 6.45) is 0.0328. The molecule has 1 aliphatic heterocycles. The van der Waals surface area contributed by atoms with E-state index >= 15 is 0 Å². The van der Waals surface area contributed by atoms with Gasteiger partial charge >= 0.3 is 0 Å². The Morgan fingerprint density at radius 1 is 1.23 bits per heavy atom.